The van der Waals surface area contributed by atoms with Crippen LogP contribution < -0.4 is 11.5 Å². The van der Waals surface area contributed by atoms with Gasteiger partial charge in [0.2, 0.25) is 0 Å². The highest BCUT2D eigenvalue weighted by atomic mass is 16.6. The number of amides is 1. The van der Waals surface area contributed by atoms with Crippen molar-refractivity contribution in [2.24, 2.45) is 16.5 Å². The Morgan fingerprint density at radius 1 is 1.36 bits per heavy atom. The van der Waals surface area contributed by atoms with E-state index in [1.165, 1.54) is 6.07 Å². The largest absolute Gasteiger partial charge is 0.370 e. The van der Waals surface area contributed by atoms with Gasteiger partial charge in [-0.05, 0) is 37.8 Å². The molecule has 0 saturated carbocycles. The number of benzene rings is 1. The molecule has 7 nitrogen and oxygen atoms in total. The average Bonchev–Trinajstić information content (AvgIpc) is 2.42. The van der Waals surface area contributed by atoms with Gasteiger partial charge in [-0.2, -0.15) is 4.99 Å². The number of aliphatic imine (C=N–C) groups is 1. The Morgan fingerprint density at radius 3 is 2.59 bits per heavy atom. The van der Waals surface area contributed by atoms with Crippen LogP contribution in [0.1, 0.15) is 41.3 Å². The first-order valence-corrected chi connectivity index (χ1v) is 6.93. The quantitative estimate of drug-likeness (QED) is 0.274. The zero-order valence-electron chi connectivity index (χ0n) is 12.7. The summed E-state index contributed by atoms with van der Waals surface area (Å²) in [6, 6.07) is 2.89. The average molecular weight is 304 g/mol. The van der Waals surface area contributed by atoms with Crippen molar-refractivity contribution >= 4 is 17.6 Å². The minimum atomic E-state index is -0.682. The van der Waals surface area contributed by atoms with E-state index in [0.29, 0.717) is 24.0 Å². The van der Waals surface area contributed by atoms with Gasteiger partial charge in [0.15, 0.2) is 5.96 Å². The lowest BCUT2D eigenvalue weighted by atomic mass is 9.99. The third kappa shape index (κ3) is 4.69. The summed E-state index contributed by atoms with van der Waals surface area (Å²) in [7, 11) is 0. The van der Waals surface area contributed by atoms with Crippen molar-refractivity contribution < 1.29 is 9.72 Å². The highest BCUT2D eigenvalue weighted by Gasteiger charge is 2.19. The number of aryl methyl sites for hydroxylation is 2. The highest BCUT2D eigenvalue weighted by Crippen LogP contribution is 2.25. The van der Waals surface area contributed by atoms with E-state index in [2.05, 4.69) is 4.99 Å². The fourth-order valence-corrected chi connectivity index (χ4v) is 2.06. The molecule has 0 heterocycles. The first-order valence-electron chi connectivity index (χ1n) is 6.93. The normalized spacial score (nSPS) is 10.6. The lowest BCUT2D eigenvalue weighted by Crippen LogP contribution is -2.24. The van der Waals surface area contributed by atoms with E-state index < -0.39 is 10.8 Å². The number of nitro benzene ring substituents is 1. The van der Waals surface area contributed by atoms with Crippen LogP contribution in [0, 0.1) is 17.0 Å². The minimum Gasteiger partial charge on any atom is -0.370 e. The standard InChI is InChI=1S/C15H20N4O3/c1-3-4-5-6-7-11-8-10(2)12(9-13(11)19(21)22)14(20)18-15(16)17/h4-5,8-9H,3,6-7H2,1-2H3,(H4,16,17,18,20). The molecule has 0 aliphatic rings. The van der Waals surface area contributed by atoms with Gasteiger partial charge >= 0.3 is 0 Å². The van der Waals surface area contributed by atoms with Crippen LogP contribution >= 0.6 is 0 Å². The van der Waals surface area contributed by atoms with Crippen molar-refractivity contribution in [2.45, 2.75) is 33.1 Å². The molecule has 0 fully saturated rings. The lowest BCUT2D eigenvalue weighted by molar-refractivity contribution is -0.385. The number of guanidine groups is 1. The maximum absolute atomic E-state index is 11.9. The zero-order chi connectivity index (χ0) is 16.7. The number of carbonyl (C=O) groups excluding carboxylic acids is 1. The molecule has 0 spiro atoms. The number of rotatable bonds is 6. The van der Waals surface area contributed by atoms with Crippen molar-refractivity contribution in [3.8, 4) is 0 Å². The van der Waals surface area contributed by atoms with Crippen LogP contribution in [0.25, 0.3) is 0 Å². The molecule has 22 heavy (non-hydrogen) atoms. The molecule has 0 aromatic heterocycles. The zero-order valence-corrected chi connectivity index (χ0v) is 12.7. The smallest absolute Gasteiger partial charge is 0.280 e. The van der Waals surface area contributed by atoms with Crippen LogP contribution in [0.5, 0.6) is 0 Å². The first-order chi connectivity index (χ1) is 10.4. The summed E-state index contributed by atoms with van der Waals surface area (Å²) >= 11 is 0. The predicted molar refractivity (Wildman–Crippen MR) is 85.7 cm³/mol. The van der Waals surface area contributed by atoms with Crippen LogP contribution in [0.15, 0.2) is 29.3 Å². The summed E-state index contributed by atoms with van der Waals surface area (Å²) in [5.74, 6) is -1.06. The summed E-state index contributed by atoms with van der Waals surface area (Å²) in [6.45, 7) is 3.72. The third-order valence-corrected chi connectivity index (χ3v) is 3.07. The molecule has 1 amide bonds. The number of carbonyl (C=O) groups is 1. The number of nitrogens with zero attached hydrogens (tertiary/aromatic N) is 2. The second kappa shape index (κ2) is 7.92. The van der Waals surface area contributed by atoms with Gasteiger partial charge in [0.1, 0.15) is 0 Å². The van der Waals surface area contributed by atoms with Crippen LogP contribution in [-0.4, -0.2) is 16.8 Å². The Bertz CT molecular complexity index is 632. The molecule has 0 bridgehead atoms. The van der Waals surface area contributed by atoms with Crippen molar-refractivity contribution in [3.05, 3.63) is 51.1 Å². The molecular formula is C15H20N4O3. The Balaban J connectivity index is 3.18. The third-order valence-electron chi connectivity index (χ3n) is 3.07. The Kier molecular flexibility index (Phi) is 6.25. The maximum atomic E-state index is 11.9. The van der Waals surface area contributed by atoms with Gasteiger partial charge < -0.3 is 11.5 Å². The monoisotopic (exact) mass is 304 g/mol. The summed E-state index contributed by atoms with van der Waals surface area (Å²) in [6.07, 6.45) is 6.15. The number of nitro groups is 1. The molecule has 4 N–H and O–H groups in total. The van der Waals surface area contributed by atoms with Crippen molar-refractivity contribution in [2.75, 3.05) is 0 Å². The van der Waals surface area contributed by atoms with Gasteiger partial charge in [-0.25, -0.2) is 0 Å². The topological polar surface area (TPSA) is 125 Å². The number of hydrogen-bond acceptors (Lipinski definition) is 3. The second-order valence-electron chi connectivity index (χ2n) is 4.81. The van der Waals surface area contributed by atoms with E-state index in [9.17, 15) is 14.9 Å². The van der Waals surface area contributed by atoms with Gasteiger partial charge in [0.05, 0.1) is 10.5 Å². The molecule has 0 saturated heterocycles. The van der Waals surface area contributed by atoms with Crippen LogP contribution in [0.2, 0.25) is 0 Å². The van der Waals surface area contributed by atoms with E-state index in [4.69, 9.17) is 11.5 Å². The van der Waals surface area contributed by atoms with E-state index in [0.717, 1.165) is 6.42 Å². The summed E-state index contributed by atoms with van der Waals surface area (Å²) in [4.78, 5) is 26.0. The van der Waals surface area contributed by atoms with E-state index in [1.807, 2.05) is 19.1 Å². The summed E-state index contributed by atoms with van der Waals surface area (Å²) < 4.78 is 0. The molecule has 0 atom stereocenters. The summed E-state index contributed by atoms with van der Waals surface area (Å²) in [5.41, 5.74) is 11.6. The lowest BCUT2D eigenvalue weighted by Gasteiger charge is -2.07. The van der Waals surface area contributed by atoms with Gasteiger partial charge in [-0.1, -0.05) is 19.1 Å². The van der Waals surface area contributed by atoms with Gasteiger partial charge in [0.25, 0.3) is 11.6 Å². The first kappa shape index (κ1) is 17.4. The highest BCUT2D eigenvalue weighted by molar-refractivity contribution is 6.03. The molecule has 1 aromatic rings. The fraction of sp³-hybridized carbons (Fsp3) is 0.333. The van der Waals surface area contributed by atoms with E-state index >= 15 is 0 Å². The van der Waals surface area contributed by atoms with Crippen LogP contribution in [0.4, 0.5) is 5.69 Å². The molecule has 7 heteroatoms. The van der Waals surface area contributed by atoms with Crippen LogP contribution in [0.3, 0.4) is 0 Å². The van der Waals surface area contributed by atoms with Gasteiger partial charge in [0, 0.05) is 11.6 Å². The molecule has 0 aliphatic carbocycles. The molecule has 1 aromatic carbocycles. The van der Waals surface area contributed by atoms with Crippen molar-refractivity contribution in [3.63, 3.8) is 0 Å². The molecule has 0 radical (unpaired) electrons. The Hall–Kier alpha value is -2.70. The van der Waals surface area contributed by atoms with Crippen LogP contribution in [-0.2, 0) is 6.42 Å². The van der Waals surface area contributed by atoms with Gasteiger partial charge in [-0.3, -0.25) is 14.9 Å². The Labute approximate surface area is 128 Å². The molecular weight excluding hydrogens is 284 g/mol. The molecule has 1 rings (SSSR count). The number of hydrogen-bond donors (Lipinski definition) is 2. The minimum absolute atomic E-state index is 0.0929. The fourth-order valence-electron chi connectivity index (χ4n) is 2.06. The summed E-state index contributed by atoms with van der Waals surface area (Å²) in [5, 5.41) is 11.2. The van der Waals surface area contributed by atoms with Gasteiger partial charge in [-0.15, -0.1) is 0 Å². The molecule has 0 unspecified atom stereocenters. The molecule has 0 aliphatic heterocycles. The molecule has 118 valence electrons. The van der Waals surface area contributed by atoms with E-state index in [-0.39, 0.29) is 17.2 Å². The van der Waals surface area contributed by atoms with Crippen molar-refractivity contribution in [1.29, 1.82) is 0 Å². The van der Waals surface area contributed by atoms with Crippen molar-refractivity contribution in [1.82, 2.24) is 0 Å². The Morgan fingerprint density at radius 2 is 2.05 bits per heavy atom. The number of allylic oxidation sites excluding steroid dienone is 2. The predicted octanol–water partition coefficient (Wildman–Crippen LogP) is 2.22. The van der Waals surface area contributed by atoms with E-state index in [1.54, 1.807) is 13.0 Å². The SMILES string of the molecule is CCC=CCCc1cc(C)c(C(=O)N=C(N)N)cc1[N+](=O)[O-]. The number of nitrogens with two attached hydrogens (primary N) is 2. The second-order valence-corrected chi connectivity index (χ2v) is 4.81. The maximum Gasteiger partial charge on any atom is 0.280 e.